The molecule has 0 fully saturated rings. The van der Waals surface area contributed by atoms with Crippen LogP contribution in [0.3, 0.4) is 0 Å². The summed E-state index contributed by atoms with van der Waals surface area (Å²) in [7, 11) is 0. The quantitative estimate of drug-likeness (QED) is 0.258. The molecule has 0 spiro atoms. The monoisotopic (exact) mass is 235 g/mol. The van der Waals surface area contributed by atoms with Crippen LogP contribution in [0, 0.1) is 17.0 Å². The Morgan fingerprint density at radius 1 is 0.944 bits per heavy atom. The molecule has 0 radical (unpaired) electrons. The molecule has 2 aromatic rings. The van der Waals surface area contributed by atoms with E-state index in [-0.39, 0.29) is 0 Å². The SMILES string of the molecule is [O-]/[N+](=C\C#Cc1ccccc1)Cc1ccccc1. The van der Waals surface area contributed by atoms with Gasteiger partial charge >= 0.3 is 0 Å². The Kier molecular flexibility index (Phi) is 4.16. The molecule has 0 aliphatic heterocycles. The van der Waals surface area contributed by atoms with Crippen LogP contribution in [0.4, 0.5) is 0 Å². The van der Waals surface area contributed by atoms with Gasteiger partial charge in [0.25, 0.3) is 0 Å². The van der Waals surface area contributed by atoms with Crippen LogP contribution in [0.15, 0.2) is 60.7 Å². The van der Waals surface area contributed by atoms with Gasteiger partial charge in [0.2, 0.25) is 6.21 Å². The fraction of sp³-hybridized carbons (Fsp3) is 0.0625. The summed E-state index contributed by atoms with van der Waals surface area (Å²) >= 11 is 0. The van der Waals surface area contributed by atoms with Gasteiger partial charge < -0.3 is 5.21 Å². The Morgan fingerprint density at radius 3 is 2.22 bits per heavy atom. The number of hydrogen-bond donors (Lipinski definition) is 0. The second kappa shape index (κ2) is 6.27. The number of nitrogens with zero attached hydrogens (tertiary/aromatic N) is 1. The molecule has 0 unspecified atom stereocenters. The Balaban J connectivity index is 2.00. The zero-order valence-corrected chi connectivity index (χ0v) is 9.91. The first-order valence-corrected chi connectivity index (χ1v) is 5.72. The van der Waals surface area contributed by atoms with Crippen molar-refractivity contribution in [2.75, 3.05) is 0 Å². The Labute approximate surface area is 107 Å². The molecule has 0 heterocycles. The highest BCUT2D eigenvalue weighted by atomic mass is 16.5. The van der Waals surface area contributed by atoms with Crippen LogP contribution < -0.4 is 0 Å². The maximum absolute atomic E-state index is 11.6. The van der Waals surface area contributed by atoms with Crippen LogP contribution in [-0.4, -0.2) is 11.0 Å². The minimum atomic E-state index is 0.324. The van der Waals surface area contributed by atoms with E-state index in [4.69, 9.17) is 0 Å². The molecule has 2 nitrogen and oxygen atoms in total. The van der Waals surface area contributed by atoms with Crippen molar-refractivity contribution in [1.82, 2.24) is 0 Å². The summed E-state index contributed by atoms with van der Waals surface area (Å²) < 4.78 is 0.839. The predicted molar refractivity (Wildman–Crippen MR) is 73.2 cm³/mol. The molecule has 18 heavy (non-hydrogen) atoms. The first-order valence-electron chi connectivity index (χ1n) is 5.72. The van der Waals surface area contributed by atoms with Gasteiger partial charge in [-0.3, -0.25) is 0 Å². The molecule has 0 aliphatic rings. The smallest absolute Gasteiger partial charge is 0.226 e. The number of benzene rings is 2. The molecule has 0 saturated heterocycles. The van der Waals surface area contributed by atoms with E-state index in [1.807, 2.05) is 60.7 Å². The molecule has 2 aromatic carbocycles. The average molecular weight is 235 g/mol. The normalized spacial score (nSPS) is 10.6. The molecular formula is C16H13NO. The summed E-state index contributed by atoms with van der Waals surface area (Å²) in [5.74, 6) is 5.67. The number of hydrogen-bond acceptors (Lipinski definition) is 1. The van der Waals surface area contributed by atoms with E-state index in [0.29, 0.717) is 6.54 Å². The van der Waals surface area contributed by atoms with E-state index < -0.39 is 0 Å². The van der Waals surface area contributed by atoms with Crippen molar-refractivity contribution in [3.63, 3.8) is 0 Å². The fourth-order valence-corrected chi connectivity index (χ4v) is 1.52. The highest BCUT2D eigenvalue weighted by Gasteiger charge is 1.94. The highest BCUT2D eigenvalue weighted by Crippen LogP contribution is 1.99. The summed E-state index contributed by atoms with van der Waals surface area (Å²) in [6.07, 6.45) is 1.36. The largest absolute Gasteiger partial charge is 0.623 e. The standard InChI is InChI=1S/C16H13NO/c18-17(14-16-10-5-2-6-11-16)13-7-12-15-8-3-1-4-9-15/h1-6,8-11,13H,14H2/b17-13-. The topological polar surface area (TPSA) is 26.1 Å². The second-order valence-electron chi connectivity index (χ2n) is 3.83. The Morgan fingerprint density at radius 2 is 1.56 bits per heavy atom. The van der Waals surface area contributed by atoms with Crippen molar-refractivity contribution in [3.05, 3.63) is 77.0 Å². The molecule has 0 aliphatic carbocycles. The Bertz CT molecular complexity index is 577. The van der Waals surface area contributed by atoms with Crippen molar-refractivity contribution in [2.24, 2.45) is 0 Å². The number of hydroxylamine groups is 1. The summed E-state index contributed by atoms with van der Waals surface area (Å²) in [5.41, 5.74) is 1.88. The summed E-state index contributed by atoms with van der Waals surface area (Å²) in [6, 6.07) is 19.2. The van der Waals surface area contributed by atoms with E-state index in [9.17, 15) is 5.21 Å². The van der Waals surface area contributed by atoms with Crippen molar-refractivity contribution in [3.8, 4) is 11.8 Å². The van der Waals surface area contributed by atoms with Gasteiger partial charge in [0.15, 0.2) is 6.54 Å². The lowest BCUT2D eigenvalue weighted by Crippen LogP contribution is -2.03. The third-order valence-corrected chi connectivity index (χ3v) is 2.38. The molecule has 0 amide bonds. The van der Waals surface area contributed by atoms with Crippen LogP contribution >= 0.6 is 0 Å². The molecule has 0 aromatic heterocycles. The lowest BCUT2D eigenvalue weighted by atomic mass is 10.2. The van der Waals surface area contributed by atoms with Crippen LogP contribution in [0.1, 0.15) is 11.1 Å². The van der Waals surface area contributed by atoms with Gasteiger partial charge in [0.05, 0.1) is 0 Å². The number of rotatable bonds is 2. The minimum absolute atomic E-state index is 0.324. The van der Waals surface area contributed by atoms with Gasteiger partial charge in [0.1, 0.15) is 0 Å². The third kappa shape index (κ3) is 3.80. The van der Waals surface area contributed by atoms with Crippen molar-refractivity contribution in [2.45, 2.75) is 6.54 Å². The van der Waals surface area contributed by atoms with E-state index in [2.05, 4.69) is 11.8 Å². The summed E-state index contributed by atoms with van der Waals surface area (Å²) in [5, 5.41) is 11.6. The first kappa shape index (κ1) is 11.9. The van der Waals surface area contributed by atoms with Crippen LogP contribution in [0.25, 0.3) is 0 Å². The molecule has 0 saturated carbocycles. The van der Waals surface area contributed by atoms with E-state index >= 15 is 0 Å². The lowest BCUT2D eigenvalue weighted by molar-refractivity contribution is -0.468. The van der Waals surface area contributed by atoms with Crippen molar-refractivity contribution < 1.29 is 4.74 Å². The van der Waals surface area contributed by atoms with Crippen LogP contribution in [0.2, 0.25) is 0 Å². The highest BCUT2D eigenvalue weighted by molar-refractivity contribution is 5.75. The van der Waals surface area contributed by atoms with E-state index in [1.54, 1.807) is 0 Å². The van der Waals surface area contributed by atoms with E-state index in [0.717, 1.165) is 15.9 Å². The second-order valence-corrected chi connectivity index (χ2v) is 3.83. The summed E-state index contributed by atoms with van der Waals surface area (Å²) in [6.45, 7) is 0.324. The van der Waals surface area contributed by atoms with Crippen LogP contribution in [0.5, 0.6) is 0 Å². The van der Waals surface area contributed by atoms with Gasteiger partial charge in [-0.25, -0.2) is 0 Å². The van der Waals surface area contributed by atoms with Crippen LogP contribution in [-0.2, 0) is 6.54 Å². The minimum Gasteiger partial charge on any atom is -0.623 e. The van der Waals surface area contributed by atoms with Gasteiger partial charge in [-0.15, -0.1) is 0 Å². The van der Waals surface area contributed by atoms with Crippen molar-refractivity contribution in [1.29, 1.82) is 0 Å². The van der Waals surface area contributed by atoms with Gasteiger partial charge in [0, 0.05) is 17.0 Å². The third-order valence-electron chi connectivity index (χ3n) is 2.38. The molecule has 88 valence electrons. The van der Waals surface area contributed by atoms with Gasteiger partial charge in [-0.2, -0.15) is 4.74 Å². The molecule has 0 atom stereocenters. The first-order chi connectivity index (χ1) is 8.84. The Hall–Kier alpha value is -2.53. The molecule has 2 rings (SSSR count). The lowest BCUT2D eigenvalue weighted by Gasteiger charge is -2.01. The van der Waals surface area contributed by atoms with Gasteiger partial charge in [-0.05, 0) is 12.1 Å². The fourth-order valence-electron chi connectivity index (χ4n) is 1.52. The maximum Gasteiger partial charge on any atom is 0.226 e. The predicted octanol–water partition coefficient (Wildman–Crippen LogP) is 2.82. The molecular weight excluding hydrogens is 222 g/mol. The average Bonchev–Trinajstić information content (AvgIpc) is 2.41. The zero-order chi connectivity index (χ0) is 12.6. The zero-order valence-electron chi connectivity index (χ0n) is 9.91. The van der Waals surface area contributed by atoms with Gasteiger partial charge in [-0.1, -0.05) is 54.5 Å². The van der Waals surface area contributed by atoms with E-state index in [1.165, 1.54) is 6.21 Å². The molecule has 0 bridgehead atoms. The summed E-state index contributed by atoms with van der Waals surface area (Å²) in [4.78, 5) is 0. The maximum atomic E-state index is 11.6. The van der Waals surface area contributed by atoms with Crippen molar-refractivity contribution >= 4 is 6.21 Å². The molecule has 2 heteroatoms. The molecule has 0 N–H and O–H groups in total.